The van der Waals surface area contributed by atoms with Gasteiger partial charge in [-0.05, 0) is 44.3 Å². The van der Waals surface area contributed by atoms with Gasteiger partial charge in [-0.2, -0.15) is 0 Å². The summed E-state index contributed by atoms with van der Waals surface area (Å²) in [6.07, 6.45) is 0. The fourth-order valence-corrected chi connectivity index (χ4v) is 2.97. The van der Waals surface area contributed by atoms with Gasteiger partial charge in [0.05, 0.1) is 13.2 Å². The Morgan fingerprint density at radius 3 is 2.75 bits per heavy atom. The highest BCUT2D eigenvalue weighted by Gasteiger charge is 2.29. The van der Waals surface area contributed by atoms with Crippen LogP contribution in [-0.4, -0.2) is 18.0 Å². The summed E-state index contributed by atoms with van der Waals surface area (Å²) in [4.78, 5) is 12.0. The lowest BCUT2D eigenvalue weighted by atomic mass is 9.92. The van der Waals surface area contributed by atoms with Crippen LogP contribution >= 0.6 is 28.1 Å². The molecule has 1 atom stereocenters. The summed E-state index contributed by atoms with van der Waals surface area (Å²) in [5, 5.41) is 6.63. The van der Waals surface area contributed by atoms with Crippen molar-refractivity contribution in [2.75, 3.05) is 7.11 Å². The van der Waals surface area contributed by atoms with Gasteiger partial charge in [0.2, 0.25) is 0 Å². The summed E-state index contributed by atoms with van der Waals surface area (Å²) in [7, 11) is 1.61. The number of carbonyl (C=O) groups excluding carboxylic acids is 1. The van der Waals surface area contributed by atoms with Crippen molar-refractivity contribution in [3.8, 4) is 5.75 Å². The molecule has 4 nitrogen and oxygen atoms in total. The number of halogens is 1. The van der Waals surface area contributed by atoms with Crippen molar-refractivity contribution in [2.45, 2.75) is 19.9 Å². The van der Waals surface area contributed by atoms with E-state index < -0.39 is 0 Å². The van der Waals surface area contributed by atoms with Gasteiger partial charge in [-0.1, -0.05) is 15.9 Å². The first-order valence-electron chi connectivity index (χ1n) is 6.06. The number of Topliss-reactive ketones (excluding diaryl/α,β-unsaturated/α-hetero) is 1. The van der Waals surface area contributed by atoms with E-state index in [9.17, 15) is 4.79 Å². The van der Waals surface area contributed by atoms with Crippen molar-refractivity contribution in [3.05, 3.63) is 39.5 Å². The third-order valence-corrected chi connectivity index (χ3v) is 3.86. The first-order chi connectivity index (χ1) is 9.43. The van der Waals surface area contributed by atoms with Crippen LogP contribution in [0.3, 0.4) is 0 Å². The average Bonchev–Trinajstić information content (AvgIpc) is 2.37. The smallest absolute Gasteiger partial charge is 0.171 e. The number of methoxy groups -OCH3 is 1. The molecule has 1 heterocycles. The van der Waals surface area contributed by atoms with Crippen LogP contribution < -0.4 is 15.4 Å². The van der Waals surface area contributed by atoms with Crippen molar-refractivity contribution >= 4 is 39.0 Å². The van der Waals surface area contributed by atoms with Crippen molar-refractivity contribution in [1.29, 1.82) is 0 Å². The SMILES string of the molecule is COc1ccc(Br)cc1C1NC(=S)NC(C)=C1C(C)=O. The van der Waals surface area contributed by atoms with Crippen LogP contribution in [0.1, 0.15) is 25.5 Å². The van der Waals surface area contributed by atoms with Crippen LogP contribution in [-0.2, 0) is 4.79 Å². The largest absolute Gasteiger partial charge is 0.496 e. The molecule has 1 aliphatic heterocycles. The van der Waals surface area contributed by atoms with Gasteiger partial charge in [0, 0.05) is 21.3 Å². The number of thiocarbonyl (C=S) groups is 1. The Bertz CT molecular complexity index is 613. The zero-order valence-electron chi connectivity index (χ0n) is 11.4. The Kier molecular flexibility index (Phi) is 4.45. The summed E-state index contributed by atoms with van der Waals surface area (Å²) in [5.74, 6) is 0.707. The third kappa shape index (κ3) is 2.86. The molecule has 0 spiro atoms. The number of ether oxygens (including phenoxy) is 1. The molecule has 0 fully saturated rings. The van der Waals surface area contributed by atoms with Gasteiger partial charge < -0.3 is 15.4 Å². The molecule has 0 amide bonds. The van der Waals surface area contributed by atoms with E-state index in [4.69, 9.17) is 17.0 Å². The topological polar surface area (TPSA) is 50.4 Å². The maximum Gasteiger partial charge on any atom is 0.171 e. The second-order valence-electron chi connectivity index (χ2n) is 4.51. The van der Waals surface area contributed by atoms with Gasteiger partial charge in [-0.25, -0.2) is 0 Å². The Morgan fingerprint density at radius 1 is 1.45 bits per heavy atom. The minimum atomic E-state index is -0.311. The molecular formula is C14H15BrN2O2S. The second kappa shape index (κ2) is 5.93. The maximum atomic E-state index is 12.0. The molecule has 1 aliphatic rings. The fourth-order valence-electron chi connectivity index (χ4n) is 2.32. The van der Waals surface area contributed by atoms with Gasteiger partial charge in [-0.15, -0.1) is 0 Å². The highest BCUT2D eigenvalue weighted by Crippen LogP contribution is 2.35. The second-order valence-corrected chi connectivity index (χ2v) is 5.84. The van der Waals surface area contributed by atoms with Crippen LogP contribution in [0.25, 0.3) is 0 Å². The van der Waals surface area contributed by atoms with Crippen LogP contribution in [0.2, 0.25) is 0 Å². The molecule has 2 rings (SSSR count). The highest BCUT2D eigenvalue weighted by atomic mass is 79.9. The van der Waals surface area contributed by atoms with E-state index in [2.05, 4.69) is 26.6 Å². The zero-order valence-corrected chi connectivity index (χ0v) is 13.8. The van der Waals surface area contributed by atoms with Crippen LogP contribution in [0, 0.1) is 0 Å². The number of ketones is 1. The summed E-state index contributed by atoms with van der Waals surface area (Å²) >= 11 is 8.64. The molecule has 0 saturated heterocycles. The van der Waals surface area contributed by atoms with E-state index >= 15 is 0 Å². The van der Waals surface area contributed by atoms with Crippen LogP contribution in [0.15, 0.2) is 33.9 Å². The Labute approximate surface area is 131 Å². The molecule has 0 bridgehead atoms. The molecule has 6 heteroatoms. The van der Waals surface area contributed by atoms with Crippen molar-refractivity contribution in [1.82, 2.24) is 10.6 Å². The highest BCUT2D eigenvalue weighted by molar-refractivity contribution is 9.10. The van der Waals surface area contributed by atoms with Gasteiger partial charge in [0.25, 0.3) is 0 Å². The summed E-state index contributed by atoms with van der Waals surface area (Å²) in [6, 6.07) is 5.37. The Morgan fingerprint density at radius 2 is 2.15 bits per heavy atom. The van der Waals surface area contributed by atoms with E-state index in [0.29, 0.717) is 16.4 Å². The predicted molar refractivity (Wildman–Crippen MR) is 85.7 cm³/mol. The maximum absolute atomic E-state index is 12.0. The van der Waals surface area contributed by atoms with Crippen molar-refractivity contribution < 1.29 is 9.53 Å². The molecule has 106 valence electrons. The molecule has 0 aromatic heterocycles. The average molecular weight is 355 g/mol. The van der Waals surface area contributed by atoms with E-state index in [1.54, 1.807) is 14.0 Å². The van der Waals surface area contributed by atoms with Crippen LogP contribution in [0.5, 0.6) is 5.75 Å². The number of nitrogens with one attached hydrogen (secondary N) is 2. The van der Waals surface area contributed by atoms with E-state index in [1.165, 1.54) is 0 Å². The first kappa shape index (κ1) is 15.0. The summed E-state index contributed by atoms with van der Waals surface area (Å²) in [5.41, 5.74) is 2.30. The lowest BCUT2D eigenvalue weighted by Crippen LogP contribution is -2.44. The van der Waals surface area contributed by atoms with E-state index in [-0.39, 0.29) is 11.8 Å². The molecule has 0 aliphatic carbocycles. The predicted octanol–water partition coefficient (Wildman–Crippen LogP) is 2.84. The van der Waals surface area contributed by atoms with Crippen molar-refractivity contribution in [2.24, 2.45) is 0 Å². The first-order valence-corrected chi connectivity index (χ1v) is 7.26. The molecule has 1 aromatic carbocycles. The lowest BCUT2D eigenvalue weighted by Gasteiger charge is -2.30. The van der Waals surface area contributed by atoms with Crippen LogP contribution in [0.4, 0.5) is 0 Å². The van der Waals surface area contributed by atoms with Gasteiger partial charge >= 0.3 is 0 Å². The summed E-state index contributed by atoms with van der Waals surface area (Å²) < 4.78 is 6.31. The monoisotopic (exact) mass is 354 g/mol. The number of allylic oxidation sites excluding steroid dienone is 1. The molecular weight excluding hydrogens is 340 g/mol. The van der Waals surface area contributed by atoms with E-state index in [0.717, 1.165) is 15.7 Å². The Balaban J connectivity index is 2.59. The zero-order chi connectivity index (χ0) is 14.9. The quantitative estimate of drug-likeness (QED) is 0.817. The molecule has 1 unspecified atom stereocenters. The molecule has 2 N–H and O–H groups in total. The standard InChI is InChI=1S/C14H15BrN2O2S/c1-7-12(8(2)18)13(17-14(20)16-7)10-6-9(15)4-5-11(10)19-3/h4-6,13H,1-3H3,(H2,16,17,20). The third-order valence-electron chi connectivity index (χ3n) is 3.15. The van der Waals surface area contributed by atoms with E-state index in [1.807, 2.05) is 25.1 Å². The number of rotatable bonds is 3. The fraction of sp³-hybridized carbons (Fsp3) is 0.286. The Hall–Kier alpha value is -1.40. The van der Waals surface area contributed by atoms with Gasteiger partial charge in [0.1, 0.15) is 5.75 Å². The van der Waals surface area contributed by atoms with Gasteiger partial charge in [0.15, 0.2) is 10.9 Å². The molecule has 1 aromatic rings. The minimum Gasteiger partial charge on any atom is -0.496 e. The minimum absolute atomic E-state index is 0.00275. The summed E-state index contributed by atoms with van der Waals surface area (Å²) in [6.45, 7) is 3.40. The number of carbonyl (C=O) groups is 1. The number of benzene rings is 1. The molecule has 20 heavy (non-hydrogen) atoms. The van der Waals surface area contributed by atoms with Crippen molar-refractivity contribution in [3.63, 3.8) is 0 Å². The molecule has 0 radical (unpaired) electrons. The number of hydrogen-bond acceptors (Lipinski definition) is 3. The molecule has 0 saturated carbocycles. The normalized spacial score (nSPS) is 18.4. The lowest BCUT2D eigenvalue weighted by molar-refractivity contribution is -0.114. The van der Waals surface area contributed by atoms with Gasteiger partial charge in [-0.3, -0.25) is 4.79 Å². The number of hydrogen-bond donors (Lipinski definition) is 2.